The number of nitrogens with one attached hydrogen (secondary N) is 1. The molecule has 9 heteroatoms. The summed E-state index contributed by atoms with van der Waals surface area (Å²) >= 11 is 1.05. The monoisotopic (exact) mass is 404 g/mol. The van der Waals surface area contributed by atoms with Gasteiger partial charge in [0.05, 0.1) is 26.2 Å². The van der Waals surface area contributed by atoms with Gasteiger partial charge in [0, 0.05) is 36.3 Å². The van der Waals surface area contributed by atoms with Crippen molar-refractivity contribution in [3.63, 3.8) is 0 Å². The van der Waals surface area contributed by atoms with Gasteiger partial charge in [-0.25, -0.2) is 0 Å². The molecule has 2 aliphatic rings. The van der Waals surface area contributed by atoms with Crippen LogP contribution in [0.4, 0.5) is 0 Å². The van der Waals surface area contributed by atoms with Crippen LogP contribution >= 0.6 is 11.3 Å². The summed E-state index contributed by atoms with van der Waals surface area (Å²) in [6, 6.07) is 4.00. The fourth-order valence-corrected chi connectivity index (χ4v) is 4.60. The Labute approximate surface area is 166 Å². The van der Waals surface area contributed by atoms with Crippen LogP contribution in [0.2, 0.25) is 0 Å². The molecule has 1 unspecified atom stereocenters. The summed E-state index contributed by atoms with van der Waals surface area (Å²) in [5.41, 5.74) is -0.135. The summed E-state index contributed by atoms with van der Waals surface area (Å²) in [6.07, 6.45) is 4.35. The van der Waals surface area contributed by atoms with Gasteiger partial charge in [0.15, 0.2) is 0 Å². The minimum Gasteiger partial charge on any atom is -0.368 e. The zero-order valence-corrected chi connectivity index (χ0v) is 16.8. The number of nitrogens with zero attached hydrogens (tertiary/aromatic N) is 3. The van der Waals surface area contributed by atoms with Crippen molar-refractivity contribution < 1.29 is 14.3 Å². The summed E-state index contributed by atoms with van der Waals surface area (Å²) in [5.74, 6) is -0.0820. The maximum atomic E-state index is 12.8. The number of thiazole rings is 1. The van der Waals surface area contributed by atoms with Crippen LogP contribution in [-0.2, 0) is 9.53 Å². The first-order valence-electron chi connectivity index (χ1n) is 9.40. The SMILES string of the molecule is Cc1sc(=O)[nH]c1C(=O)N1CCOC2(CN(C(=O)CC(C)n3cccc3)C2)C1. The van der Waals surface area contributed by atoms with Gasteiger partial charge in [0.2, 0.25) is 5.91 Å². The van der Waals surface area contributed by atoms with Crippen molar-refractivity contribution >= 4 is 23.2 Å². The number of likely N-dealkylation sites (tertiary alicyclic amines) is 1. The summed E-state index contributed by atoms with van der Waals surface area (Å²) in [4.78, 5) is 43.5. The van der Waals surface area contributed by atoms with E-state index in [9.17, 15) is 14.4 Å². The number of rotatable bonds is 4. The Kier molecular flexibility index (Phi) is 4.88. The van der Waals surface area contributed by atoms with Crippen LogP contribution in [-0.4, -0.2) is 69.6 Å². The molecule has 4 rings (SSSR count). The van der Waals surface area contributed by atoms with Crippen LogP contribution in [0, 0.1) is 6.92 Å². The fourth-order valence-electron chi connectivity index (χ4n) is 3.93. The zero-order chi connectivity index (χ0) is 19.9. The largest absolute Gasteiger partial charge is 0.368 e. The molecule has 2 aromatic rings. The van der Waals surface area contributed by atoms with Gasteiger partial charge in [-0.05, 0) is 26.0 Å². The Hall–Kier alpha value is -2.39. The van der Waals surface area contributed by atoms with Crippen molar-refractivity contribution in [1.29, 1.82) is 0 Å². The molecule has 1 N–H and O–H groups in total. The van der Waals surface area contributed by atoms with E-state index in [1.165, 1.54) is 0 Å². The minimum atomic E-state index is -0.496. The number of aromatic nitrogens is 2. The molecular weight excluding hydrogens is 380 g/mol. The maximum absolute atomic E-state index is 12.8. The van der Waals surface area contributed by atoms with Crippen LogP contribution in [0.1, 0.15) is 34.8 Å². The molecule has 1 spiro atoms. The molecule has 2 aromatic heterocycles. The quantitative estimate of drug-likeness (QED) is 0.831. The lowest BCUT2D eigenvalue weighted by atomic mass is 9.91. The molecular formula is C19H24N4O4S. The first kappa shape index (κ1) is 18.9. The number of carbonyl (C=O) groups excluding carboxylic acids is 2. The molecule has 2 fully saturated rings. The van der Waals surface area contributed by atoms with Crippen molar-refractivity contribution in [3.8, 4) is 0 Å². The number of morpholine rings is 1. The molecule has 8 nitrogen and oxygen atoms in total. The van der Waals surface area contributed by atoms with E-state index in [0.29, 0.717) is 49.8 Å². The average Bonchev–Trinajstić information content (AvgIpc) is 3.28. The van der Waals surface area contributed by atoms with Crippen molar-refractivity contribution in [3.05, 3.63) is 44.8 Å². The van der Waals surface area contributed by atoms with Crippen molar-refractivity contribution in [1.82, 2.24) is 19.4 Å². The van der Waals surface area contributed by atoms with Gasteiger partial charge in [0.25, 0.3) is 5.91 Å². The molecule has 0 aromatic carbocycles. The summed E-state index contributed by atoms with van der Waals surface area (Å²) in [7, 11) is 0. The molecule has 1 atom stereocenters. The van der Waals surface area contributed by atoms with Gasteiger partial charge in [-0.3, -0.25) is 14.4 Å². The van der Waals surface area contributed by atoms with Gasteiger partial charge in [0.1, 0.15) is 11.3 Å². The first-order valence-corrected chi connectivity index (χ1v) is 10.2. The van der Waals surface area contributed by atoms with Gasteiger partial charge in [-0.1, -0.05) is 11.3 Å². The van der Waals surface area contributed by atoms with E-state index in [2.05, 4.69) is 4.98 Å². The van der Waals surface area contributed by atoms with Gasteiger partial charge < -0.3 is 24.1 Å². The second-order valence-electron chi connectivity index (χ2n) is 7.64. The number of H-pyrrole nitrogens is 1. The lowest BCUT2D eigenvalue weighted by Crippen LogP contribution is -2.71. The maximum Gasteiger partial charge on any atom is 0.305 e. The van der Waals surface area contributed by atoms with Crippen molar-refractivity contribution in [2.24, 2.45) is 0 Å². The standard InChI is InChI=1S/C19H24N4O4S/c1-13(21-5-3-4-6-21)9-15(24)23-11-19(12-23)10-22(7-8-27-19)17(25)16-14(2)28-18(26)20-16/h3-6,13H,7-12H2,1-2H3,(H,20,26). The first-order chi connectivity index (χ1) is 13.4. The third-order valence-electron chi connectivity index (χ3n) is 5.49. The lowest BCUT2D eigenvalue weighted by Gasteiger charge is -2.53. The third kappa shape index (κ3) is 3.51. The molecule has 0 bridgehead atoms. The molecule has 0 saturated carbocycles. The summed E-state index contributed by atoms with van der Waals surface area (Å²) in [5, 5.41) is 0. The molecule has 0 radical (unpaired) electrons. The van der Waals surface area contributed by atoms with Crippen molar-refractivity contribution in [2.75, 3.05) is 32.8 Å². The van der Waals surface area contributed by atoms with Crippen LogP contribution in [0.25, 0.3) is 0 Å². The highest BCUT2D eigenvalue weighted by Gasteiger charge is 2.50. The highest BCUT2D eigenvalue weighted by Crippen LogP contribution is 2.31. The smallest absolute Gasteiger partial charge is 0.305 e. The number of amides is 2. The number of ether oxygens (including phenoxy) is 1. The average molecular weight is 404 g/mol. The van der Waals surface area contributed by atoms with E-state index in [0.717, 1.165) is 11.3 Å². The van der Waals surface area contributed by atoms with Crippen LogP contribution in [0.15, 0.2) is 29.3 Å². The van der Waals surface area contributed by atoms with E-state index < -0.39 is 5.60 Å². The molecule has 0 aliphatic carbocycles. The fraction of sp³-hybridized carbons (Fsp3) is 0.526. The number of hydrogen-bond donors (Lipinski definition) is 1. The summed E-state index contributed by atoms with van der Waals surface area (Å²) < 4.78 is 7.97. The Morgan fingerprint density at radius 3 is 2.57 bits per heavy atom. The van der Waals surface area contributed by atoms with E-state index in [1.54, 1.807) is 16.7 Å². The second-order valence-corrected chi connectivity index (χ2v) is 8.82. The van der Waals surface area contributed by atoms with Crippen LogP contribution in [0.3, 0.4) is 0 Å². The van der Waals surface area contributed by atoms with E-state index in [1.807, 2.05) is 36.0 Å². The Bertz CT molecular complexity index is 926. The lowest BCUT2D eigenvalue weighted by molar-refractivity contribution is -0.187. The Morgan fingerprint density at radius 2 is 1.93 bits per heavy atom. The zero-order valence-electron chi connectivity index (χ0n) is 16.0. The normalized spacial score (nSPS) is 19.5. The Morgan fingerprint density at radius 1 is 1.25 bits per heavy atom. The Balaban J connectivity index is 1.35. The summed E-state index contributed by atoms with van der Waals surface area (Å²) in [6.45, 7) is 6.12. The number of aryl methyl sites for hydroxylation is 1. The highest BCUT2D eigenvalue weighted by molar-refractivity contribution is 7.09. The van der Waals surface area contributed by atoms with Gasteiger partial charge >= 0.3 is 4.87 Å². The molecule has 2 aliphatic heterocycles. The van der Waals surface area contributed by atoms with E-state index in [4.69, 9.17) is 4.74 Å². The number of carbonyl (C=O) groups is 2. The molecule has 2 saturated heterocycles. The van der Waals surface area contributed by atoms with E-state index >= 15 is 0 Å². The third-order valence-corrected chi connectivity index (χ3v) is 6.29. The minimum absolute atomic E-state index is 0.0943. The van der Waals surface area contributed by atoms with Crippen LogP contribution in [0.5, 0.6) is 0 Å². The predicted molar refractivity (Wildman–Crippen MR) is 105 cm³/mol. The van der Waals surface area contributed by atoms with E-state index in [-0.39, 0.29) is 22.7 Å². The number of hydrogen-bond acceptors (Lipinski definition) is 5. The molecule has 2 amide bonds. The van der Waals surface area contributed by atoms with Crippen molar-refractivity contribution in [2.45, 2.75) is 31.9 Å². The highest BCUT2D eigenvalue weighted by atomic mass is 32.1. The van der Waals surface area contributed by atoms with Gasteiger partial charge in [-0.15, -0.1) is 0 Å². The topological polar surface area (TPSA) is 87.6 Å². The van der Waals surface area contributed by atoms with Gasteiger partial charge in [-0.2, -0.15) is 0 Å². The molecule has 150 valence electrons. The molecule has 28 heavy (non-hydrogen) atoms. The second kappa shape index (κ2) is 7.21. The van der Waals surface area contributed by atoms with Crippen LogP contribution < -0.4 is 4.87 Å². The number of aromatic amines is 1. The molecule has 4 heterocycles. The predicted octanol–water partition coefficient (Wildman–Crippen LogP) is 1.25.